The summed E-state index contributed by atoms with van der Waals surface area (Å²) in [7, 11) is 3.25. The maximum Gasteiger partial charge on any atom is 0.230 e. The summed E-state index contributed by atoms with van der Waals surface area (Å²) < 4.78 is 10.8. The Labute approximate surface area is 168 Å². The predicted octanol–water partition coefficient (Wildman–Crippen LogP) is 2.48. The molecule has 1 atom stereocenters. The maximum atomic E-state index is 13.3. The highest BCUT2D eigenvalue weighted by atomic mass is 16.5. The molecule has 3 rings (SSSR count). The van der Waals surface area contributed by atoms with Gasteiger partial charge in [-0.3, -0.25) is 9.69 Å². The smallest absolute Gasteiger partial charge is 0.230 e. The van der Waals surface area contributed by atoms with Gasteiger partial charge in [0.15, 0.2) is 11.5 Å². The number of carbonyl (C=O) groups excluding carboxylic acids is 1. The largest absolute Gasteiger partial charge is 0.493 e. The third kappa shape index (κ3) is 4.28. The number of carbonyl (C=O) groups is 1. The molecule has 0 spiro atoms. The SMILES string of the molecule is COc1ccc(C2(C(=O)NCCN3CCCC[C@@H]3CO)CCCC2)cc1OC. The topological polar surface area (TPSA) is 71.0 Å². The van der Waals surface area contributed by atoms with Gasteiger partial charge < -0.3 is 19.9 Å². The molecule has 0 unspecified atom stereocenters. The van der Waals surface area contributed by atoms with Crippen molar-refractivity contribution in [3.05, 3.63) is 23.8 Å². The van der Waals surface area contributed by atoms with E-state index in [0.29, 0.717) is 18.0 Å². The number of methoxy groups -OCH3 is 2. The van der Waals surface area contributed by atoms with E-state index in [4.69, 9.17) is 9.47 Å². The average Bonchev–Trinajstić information content (AvgIpc) is 3.24. The van der Waals surface area contributed by atoms with Gasteiger partial charge in [-0.1, -0.05) is 25.3 Å². The molecule has 1 saturated heterocycles. The van der Waals surface area contributed by atoms with Crippen molar-refractivity contribution in [2.24, 2.45) is 0 Å². The van der Waals surface area contributed by atoms with E-state index in [9.17, 15) is 9.90 Å². The van der Waals surface area contributed by atoms with E-state index in [1.807, 2.05) is 18.2 Å². The third-order valence-electron chi connectivity index (χ3n) is 6.47. The third-order valence-corrected chi connectivity index (χ3v) is 6.47. The molecular formula is C22H34N2O4. The van der Waals surface area contributed by atoms with Crippen LogP contribution >= 0.6 is 0 Å². The number of hydrogen-bond donors (Lipinski definition) is 2. The van der Waals surface area contributed by atoms with Crippen molar-refractivity contribution in [3.8, 4) is 11.5 Å². The molecule has 2 fully saturated rings. The van der Waals surface area contributed by atoms with E-state index in [1.54, 1.807) is 14.2 Å². The lowest BCUT2D eigenvalue weighted by Gasteiger charge is -2.35. The first-order chi connectivity index (χ1) is 13.6. The van der Waals surface area contributed by atoms with Gasteiger partial charge in [0.05, 0.1) is 26.2 Å². The number of nitrogens with one attached hydrogen (secondary N) is 1. The quantitative estimate of drug-likeness (QED) is 0.714. The van der Waals surface area contributed by atoms with E-state index in [-0.39, 0.29) is 18.6 Å². The van der Waals surface area contributed by atoms with Crippen LogP contribution in [-0.4, -0.2) is 62.4 Å². The van der Waals surface area contributed by atoms with Gasteiger partial charge in [0, 0.05) is 19.1 Å². The fourth-order valence-corrected chi connectivity index (χ4v) is 4.80. The van der Waals surface area contributed by atoms with Gasteiger partial charge in [-0.05, 0) is 49.9 Å². The van der Waals surface area contributed by atoms with E-state index < -0.39 is 5.41 Å². The number of nitrogens with zero attached hydrogens (tertiary/aromatic N) is 1. The van der Waals surface area contributed by atoms with E-state index in [2.05, 4.69) is 10.2 Å². The highest BCUT2D eigenvalue weighted by Crippen LogP contribution is 2.43. The minimum absolute atomic E-state index is 0.106. The first-order valence-electron chi connectivity index (χ1n) is 10.5. The highest BCUT2D eigenvalue weighted by molar-refractivity contribution is 5.88. The predicted molar refractivity (Wildman–Crippen MR) is 109 cm³/mol. The molecule has 1 aliphatic heterocycles. The molecule has 1 amide bonds. The Morgan fingerprint density at radius 3 is 2.61 bits per heavy atom. The van der Waals surface area contributed by atoms with Gasteiger partial charge in [-0.25, -0.2) is 0 Å². The van der Waals surface area contributed by atoms with Crippen LogP contribution in [0.3, 0.4) is 0 Å². The first kappa shape index (κ1) is 20.9. The fraction of sp³-hybridized carbons (Fsp3) is 0.682. The maximum absolute atomic E-state index is 13.3. The minimum Gasteiger partial charge on any atom is -0.493 e. The van der Waals surface area contributed by atoms with Crippen LogP contribution in [0.5, 0.6) is 11.5 Å². The summed E-state index contributed by atoms with van der Waals surface area (Å²) in [5.74, 6) is 1.45. The Hall–Kier alpha value is -1.79. The number of hydrogen-bond acceptors (Lipinski definition) is 5. The van der Waals surface area contributed by atoms with Gasteiger partial charge in [0.2, 0.25) is 5.91 Å². The molecule has 1 heterocycles. The normalized spacial score (nSPS) is 22.0. The Balaban J connectivity index is 1.68. The van der Waals surface area contributed by atoms with Crippen LogP contribution in [0.1, 0.15) is 50.5 Å². The van der Waals surface area contributed by atoms with Crippen LogP contribution in [0.4, 0.5) is 0 Å². The van der Waals surface area contributed by atoms with Gasteiger partial charge in [-0.2, -0.15) is 0 Å². The molecule has 0 aromatic heterocycles. The van der Waals surface area contributed by atoms with Gasteiger partial charge in [-0.15, -0.1) is 0 Å². The van der Waals surface area contributed by atoms with Crippen molar-refractivity contribution in [2.75, 3.05) is 40.5 Å². The van der Waals surface area contributed by atoms with Crippen LogP contribution in [-0.2, 0) is 10.2 Å². The van der Waals surface area contributed by atoms with E-state index >= 15 is 0 Å². The highest BCUT2D eigenvalue weighted by Gasteiger charge is 2.43. The summed E-state index contributed by atoms with van der Waals surface area (Å²) in [6.45, 7) is 2.61. The van der Waals surface area contributed by atoms with Crippen LogP contribution in [0.2, 0.25) is 0 Å². The molecule has 28 heavy (non-hydrogen) atoms. The summed E-state index contributed by atoms with van der Waals surface area (Å²) in [6.07, 6.45) is 7.21. The van der Waals surface area contributed by atoms with Gasteiger partial charge >= 0.3 is 0 Å². The van der Waals surface area contributed by atoms with Crippen LogP contribution < -0.4 is 14.8 Å². The zero-order chi connectivity index (χ0) is 20.0. The van der Waals surface area contributed by atoms with Crippen molar-refractivity contribution in [1.29, 1.82) is 0 Å². The zero-order valence-corrected chi connectivity index (χ0v) is 17.2. The monoisotopic (exact) mass is 390 g/mol. The van der Waals surface area contributed by atoms with Crippen molar-refractivity contribution in [3.63, 3.8) is 0 Å². The lowest BCUT2D eigenvalue weighted by Crippen LogP contribution is -2.48. The van der Waals surface area contributed by atoms with Crippen LogP contribution in [0, 0.1) is 0 Å². The van der Waals surface area contributed by atoms with Crippen molar-refractivity contribution in [1.82, 2.24) is 10.2 Å². The molecule has 156 valence electrons. The minimum atomic E-state index is -0.488. The van der Waals surface area contributed by atoms with E-state index in [0.717, 1.165) is 50.8 Å². The number of ether oxygens (including phenoxy) is 2. The average molecular weight is 391 g/mol. The number of aliphatic hydroxyl groups is 1. The standard InChI is InChI=1S/C22H34N2O4/c1-27-19-9-8-17(15-20(19)28-2)22(10-4-5-11-22)21(26)23-12-14-24-13-6-3-7-18(24)16-25/h8-9,15,18,25H,3-7,10-14,16H2,1-2H3,(H,23,26)/t18-/m1/s1. The summed E-state index contributed by atoms with van der Waals surface area (Å²) in [6, 6.07) is 6.08. The fourth-order valence-electron chi connectivity index (χ4n) is 4.80. The molecule has 0 radical (unpaired) electrons. The number of aliphatic hydroxyl groups excluding tert-OH is 1. The molecule has 1 aliphatic carbocycles. The molecule has 1 aromatic carbocycles. The second-order valence-corrected chi connectivity index (χ2v) is 7.98. The van der Waals surface area contributed by atoms with Gasteiger partial charge in [0.25, 0.3) is 0 Å². The Morgan fingerprint density at radius 2 is 1.93 bits per heavy atom. The zero-order valence-electron chi connectivity index (χ0n) is 17.2. The molecule has 2 N–H and O–H groups in total. The number of piperidine rings is 1. The van der Waals surface area contributed by atoms with E-state index in [1.165, 1.54) is 12.8 Å². The van der Waals surface area contributed by atoms with Crippen LogP contribution in [0.25, 0.3) is 0 Å². The Kier molecular flexibility index (Phi) is 7.18. The molecule has 6 heteroatoms. The van der Waals surface area contributed by atoms with Crippen molar-refractivity contribution < 1.29 is 19.4 Å². The second-order valence-electron chi connectivity index (χ2n) is 7.98. The Morgan fingerprint density at radius 1 is 1.18 bits per heavy atom. The molecule has 2 aliphatic rings. The molecule has 6 nitrogen and oxygen atoms in total. The first-order valence-corrected chi connectivity index (χ1v) is 10.5. The summed E-state index contributed by atoms with van der Waals surface area (Å²) in [4.78, 5) is 15.6. The van der Waals surface area contributed by atoms with Crippen molar-refractivity contribution in [2.45, 2.75) is 56.4 Å². The molecule has 1 saturated carbocycles. The van der Waals surface area contributed by atoms with Crippen molar-refractivity contribution >= 4 is 5.91 Å². The number of amides is 1. The lowest BCUT2D eigenvalue weighted by atomic mass is 9.77. The second kappa shape index (κ2) is 9.61. The summed E-state index contributed by atoms with van der Waals surface area (Å²) >= 11 is 0. The molecule has 0 bridgehead atoms. The van der Waals surface area contributed by atoms with Gasteiger partial charge in [0.1, 0.15) is 0 Å². The number of likely N-dealkylation sites (tertiary alicyclic amines) is 1. The number of benzene rings is 1. The Bertz CT molecular complexity index is 658. The van der Waals surface area contributed by atoms with Crippen LogP contribution in [0.15, 0.2) is 18.2 Å². The summed E-state index contributed by atoms with van der Waals surface area (Å²) in [5, 5.41) is 12.8. The molecular weight excluding hydrogens is 356 g/mol. The summed E-state index contributed by atoms with van der Waals surface area (Å²) in [5.41, 5.74) is 0.518. The number of rotatable bonds is 8. The lowest BCUT2D eigenvalue weighted by molar-refractivity contribution is -0.126. The molecule has 1 aromatic rings.